The number of oxime groups is 1. The van der Waals surface area contributed by atoms with Crippen LogP contribution in [0.15, 0.2) is 84.1 Å². The first kappa shape index (κ1) is 45.9. The SMILES string of the molecule is C=CCO[C@@]12Oc3ccc(Oc4ccc(OC)c(C=O)c4)cc3[C@H]3[C@H](CCCCO)[C@@H](CCCCO)C=C(C(=NOC4CCCCO4)C[C@@H]1N(Cc1ccc4c(c1)OCO4)C(=O)OC)[C@H]32. The van der Waals surface area contributed by atoms with E-state index in [1.54, 1.807) is 29.2 Å². The molecule has 15 nitrogen and oxygen atoms in total. The second kappa shape index (κ2) is 21.1. The zero-order valence-electron chi connectivity index (χ0n) is 37.2. The maximum atomic E-state index is 14.4. The molecule has 3 aromatic carbocycles. The predicted octanol–water partition coefficient (Wildman–Crippen LogP) is 8.46. The summed E-state index contributed by atoms with van der Waals surface area (Å²) in [6, 6.07) is 15.5. The molecular formula is C50H60N2O13. The van der Waals surface area contributed by atoms with Crippen molar-refractivity contribution in [3.63, 3.8) is 0 Å². The molecule has 3 aliphatic heterocycles. The molecule has 1 saturated carbocycles. The second-order valence-electron chi connectivity index (χ2n) is 17.1. The minimum absolute atomic E-state index is 0.0129. The van der Waals surface area contributed by atoms with Gasteiger partial charge < -0.3 is 52.9 Å². The molecular weight excluding hydrogens is 837 g/mol. The fourth-order valence-corrected chi connectivity index (χ4v) is 10.3. The summed E-state index contributed by atoms with van der Waals surface area (Å²) in [7, 11) is 2.87. The Balaban J connectivity index is 1.32. The molecule has 2 fully saturated rings. The molecule has 348 valence electrons. The van der Waals surface area contributed by atoms with Gasteiger partial charge >= 0.3 is 6.09 Å². The van der Waals surface area contributed by atoms with Gasteiger partial charge in [-0.05, 0) is 110 Å². The Morgan fingerprint density at radius 2 is 1.74 bits per heavy atom. The maximum absolute atomic E-state index is 14.4. The standard InChI is InChI=1S/C50H60N2O13/c1-4-22-62-50-45(52(49(56)58-3)29-32-14-17-43-44(24-32)61-31-60-43)28-40(51-65-46-13-7-10-23-59-46)38-26-33(11-5-8-20-53)37(12-6-9-21-54)47(48(38)50)39-27-36(16-19-42(39)64-50)63-35-15-18-41(57-2)34(25-35)30-55/h4,14-19,24-27,30,33,37,45-48,53-54H,1,5-13,20-23,28-29,31H2,2-3H3/t33-,37+,45-,46?,47+,48+,50+/m0/s1. The van der Waals surface area contributed by atoms with Gasteiger partial charge in [-0.25, -0.2) is 4.79 Å². The Hall–Kier alpha value is -5.61. The van der Waals surface area contributed by atoms with Crippen LogP contribution in [0.4, 0.5) is 4.79 Å². The molecule has 1 amide bonds. The molecule has 0 aromatic heterocycles. The number of fused-ring (bicyclic) bond motifs is 3. The molecule has 65 heavy (non-hydrogen) atoms. The van der Waals surface area contributed by atoms with Gasteiger partial charge in [-0.1, -0.05) is 36.2 Å². The van der Waals surface area contributed by atoms with Crippen LogP contribution in [0.3, 0.4) is 0 Å². The topological polar surface area (TPSA) is 173 Å². The van der Waals surface area contributed by atoms with E-state index in [-0.39, 0.29) is 57.3 Å². The van der Waals surface area contributed by atoms with Crippen molar-refractivity contribution in [1.82, 2.24) is 4.90 Å². The Morgan fingerprint density at radius 1 is 0.954 bits per heavy atom. The summed E-state index contributed by atoms with van der Waals surface area (Å²) in [6.45, 7) is 5.02. The number of methoxy groups -OCH3 is 2. The van der Waals surface area contributed by atoms with Crippen molar-refractivity contribution < 1.29 is 62.5 Å². The number of aliphatic hydroxyl groups excluding tert-OH is 2. The summed E-state index contributed by atoms with van der Waals surface area (Å²) >= 11 is 0. The molecule has 15 heteroatoms. The van der Waals surface area contributed by atoms with E-state index in [0.29, 0.717) is 71.6 Å². The highest BCUT2D eigenvalue weighted by Crippen LogP contribution is 2.62. The van der Waals surface area contributed by atoms with E-state index in [4.69, 9.17) is 47.9 Å². The summed E-state index contributed by atoms with van der Waals surface area (Å²) in [5.41, 5.74) is 3.51. The molecule has 0 spiro atoms. The lowest BCUT2D eigenvalue weighted by molar-refractivity contribution is -0.256. The third kappa shape index (κ3) is 9.69. The van der Waals surface area contributed by atoms with E-state index < -0.39 is 30.1 Å². The van der Waals surface area contributed by atoms with Gasteiger partial charge in [0, 0.05) is 44.1 Å². The second-order valence-corrected chi connectivity index (χ2v) is 17.1. The number of carbonyl (C=O) groups excluding carboxylic acids is 2. The molecule has 0 radical (unpaired) electrons. The number of allylic oxidation sites excluding steroid dienone is 1. The third-order valence-corrected chi connectivity index (χ3v) is 13.2. The zero-order valence-corrected chi connectivity index (χ0v) is 37.2. The molecule has 2 aliphatic carbocycles. The van der Waals surface area contributed by atoms with E-state index in [0.717, 1.165) is 61.5 Å². The number of rotatable bonds is 20. The lowest BCUT2D eigenvalue weighted by Gasteiger charge is -2.59. The number of aldehydes is 1. The Bertz CT molecular complexity index is 2220. The number of carbonyl (C=O) groups is 2. The van der Waals surface area contributed by atoms with Gasteiger partial charge in [-0.3, -0.25) is 9.69 Å². The molecule has 8 rings (SSSR count). The Morgan fingerprint density at radius 3 is 2.49 bits per heavy atom. The minimum Gasteiger partial charge on any atom is -0.496 e. The smallest absolute Gasteiger partial charge is 0.410 e. The maximum Gasteiger partial charge on any atom is 0.410 e. The Labute approximate surface area is 379 Å². The van der Waals surface area contributed by atoms with E-state index in [2.05, 4.69) is 12.7 Å². The number of aliphatic hydroxyl groups is 2. The average molecular weight is 897 g/mol. The summed E-state index contributed by atoms with van der Waals surface area (Å²) in [5, 5.41) is 24.9. The molecule has 2 N–H and O–H groups in total. The highest BCUT2D eigenvalue weighted by atomic mass is 16.8. The summed E-state index contributed by atoms with van der Waals surface area (Å²) < 4.78 is 49.2. The quantitative estimate of drug-likeness (QED) is 0.0479. The lowest BCUT2D eigenvalue weighted by Crippen LogP contribution is -2.70. The molecule has 5 aliphatic rings. The molecule has 7 atom stereocenters. The molecule has 1 saturated heterocycles. The molecule has 3 heterocycles. The summed E-state index contributed by atoms with van der Waals surface area (Å²) in [4.78, 5) is 34.3. The van der Waals surface area contributed by atoms with Crippen LogP contribution in [0.25, 0.3) is 0 Å². The third-order valence-electron chi connectivity index (χ3n) is 13.2. The van der Waals surface area contributed by atoms with E-state index >= 15 is 0 Å². The van der Waals surface area contributed by atoms with Crippen molar-refractivity contribution >= 4 is 18.1 Å². The number of hydrogen-bond acceptors (Lipinski definition) is 14. The van der Waals surface area contributed by atoms with Crippen molar-refractivity contribution in [2.45, 2.75) is 94.8 Å². The van der Waals surface area contributed by atoms with Crippen LogP contribution in [0, 0.1) is 17.8 Å². The number of hydrogen-bond donors (Lipinski definition) is 2. The van der Waals surface area contributed by atoms with Gasteiger partial charge in [0.2, 0.25) is 18.9 Å². The first-order valence-corrected chi connectivity index (χ1v) is 22.7. The van der Waals surface area contributed by atoms with Crippen LogP contribution in [-0.4, -0.2) is 98.8 Å². The average Bonchev–Trinajstić information content (AvgIpc) is 3.81. The highest BCUT2D eigenvalue weighted by Gasteiger charge is 2.65. The van der Waals surface area contributed by atoms with Crippen molar-refractivity contribution in [1.29, 1.82) is 0 Å². The largest absolute Gasteiger partial charge is 0.496 e. The van der Waals surface area contributed by atoms with Crippen LogP contribution < -0.4 is 23.7 Å². The lowest BCUT2D eigenvalue weighted by atomic mass is 9.55. The van der Waals surface area contributed by atoms with Crippen molar-refractivity contribution in [3.05, 3.63) is 95.6 Å². The predicted molar refractivity (Wildman–Crippen MR) is 239 cm³/mol. The number of benzene rings is 3. The van der Waals surface area contributed by atoms with Crippen LogP contribution >= 0.6 is 0 Å². The number of unbranched alkanes of at least 4 members (excludes halogenated alkanes) is 2. The van der Waals surface area contributed by atoms with Crippen LogP contribution in [0.2, 0.25) is 0 Å². The summed E-state index contributed by atoms with van der Waals surface area (Å²) in [6.07, 6.45) is 10.6. The van der Waals surface area contributed by atoms with E-state index in [9.17, 15) is 19.8 Å². The van der Waals surface area contributed by atoms with Crippen molar-refractivity contribution in [3.8, 4) is 34.5 Å². The minimum atomic E-state index is -1.52. The molecule has 1 unspecified atom stereocenters. The zero-order chi connectivity index (χ0) is 45.3. The first-order chi connectivity index (χ1) is 31.8. The van der Waals surface area contributed by atoms with E-state index in [1.807, 2.05) is 36.4 Å². The van der Waals surface area contributed by atoms with Crippen LogP contribution in [0.5, 0.6) is 34.5 Å². The number of ether oxygens (including phenoxy) is 8. The van der Waals surface area contributed by atoms with Gasteiger partial charge in [-0.15, -0.1) is 6.58 Å². The van der Waals surface area contributed by atoms with Gasteiger partial charge in [0.25, 0.3) is 0 Å². The number of amides is 1. The molecule has 0 bridgehead atoms. The van der Waals surface area contributed by atoms with Crippen molar-refractivity contribution in [2.24, 2.45) is 22.9 Å². The first-order valence-electron chi connectivity index (χ1n) is 22.7. The van der Waals surface area contributed by atoms with E-state index in [1.165, 1.54) is 14.2 Å². The summed E-state index contributed by atoms with van der Waals surface area (Å²) in [5.74, 6) is 0.736. The highest BCUT2D eigenvalue weighted by molar-refractivity contribution is 6.03. The fourth-order valence-electron chi connectivity index (χ4n) is 10.3. The molecule has 3 aromatic rings. The van der Waals surface area contributed by atoms with Crippen LogP contribution in [0.1, 0.15) is 91.6 Å². The normalized spacial score (nSPS) is 25.6. The monoisotopic (exact) mass is 896 g/mol. The van der Waals surface area contributed by atoms with Gasteiger partial charge in [-0.2, -0.15) is 0 Å². The fraction of sp³-hybridized carbons (Fsp3) is 0.500. The van der Waals surface area contributed by atoms with Gasteiger partial charge in [0.15, 0.2) is 17.8 Å². The van der Waals surface area contributed by atoms with Crippen molar-refractivity contribution in [2.75, 3.05) is 47.4 Å². The van der Waals surface area contributed by atoms with Crippen LogP contribution in [-0.2, 0) is 25.6 Å². The van der Waals surface area contributed by atoms with Gasteiger partial charge in [0.05, 0.1) is 44.6 Å². The Kier molecular flexibility index (Phi) is 14.9. The number of nitrogens with zero attached hydrogens (tertiary/aromatic N) is 2. The van der Waals surface area contributed by atoms with Gasteiger partial charge in [0.1, 0.15) is 29.0 Å².